The van der Waals surface area contributed by atoms with Crippen LogP contribution in [-0.2, 0) is 4.79 Å². The molecule has 114 valence electrons. The number of amides is 1. The van der Waals surface area contributed by atoms with Gasteiger partial charge in [0.1, 0.15) is 11.3 Å². The average molecular weight is 300 g/mol. The van der Waals surface area contributed by atoms with Gasteiger partial charge in [0.25, 0.3) is 0 Å². The Morgan fingerprint density at radius 2 is 1.91 bits per heavy atom. The summed E-state index contributed by atoms with van der Waals surface area (Å²) in [5.74, 6) is -0.111. The van der Waals surface area contributed by atoms with Gasteiger partial charge in [-0.15, -0.1) is 0 Å². The molecule has 1 aromatic heterocycles. The number of hydrogen-bond donors (Lipinski definition) is 1. The third-order valence-electron chi connectivity index (χ3n) is 2.66. The number of hydrogen-bond acceptors (Lipinski definition) is 5. The maximum Gasteiger partial charge on any atom is 0.349 e. The van der Waals surface area contributed by atoms with Gasteiger partial charge in [-0.2, -0.15) is 0 Å². The van der Waals surface area contributed by atoms with Gasteiger partial charge in [0.15, 0.2) is 0 Å². The zero-order valence-corrected chi connectivity index (χ0v) is 12.3. The predicted molar refractivity (Wildman–Crippen MR) is 81.1 cm³/mol. The molecule has 0 bridgehead atoms. The lowest BCUT2D eigenvalue weighted by atomic mass is 10.2. The molecular weight excluding hydrogens is 284 g/mol. The second-order valence-corrected chi connectivity index (χ2v) is 4.38. The highest BCUT2D eigenvalue weighted by Crippen LogP contribution is 2.20. The third-order valence-corrected chi connectivity index (χ3v) is 2.66. The Labute approximate surface area is 128 Å². The van der Waals surface area contributed by atoms with Gasteiger partial charge in [-0.1, -0.05) is 0 Å². The first kappa shape index (κ1) is 15.5. The maximum absolute atomic E-state index is 12.2. The summed E-state index contributed by atoms with van der Waals surface area (Å²) in [4.78, 5) is 27.1. The molecule has 0 radical (unpaired) electrons. The van der Waals surface area contributed by atoms with Gasteiger partial charge in [0, 0.05) is 18.8 Å². The summed E-state index contributed by atoms with van der Waals surface area (Å²) >= 11 is 0. The summed E-state index contributed by atoms with van der Waals surface area (Å²) < 4.78 is 10.6. The largest absolute Gasteiger partial charge is 0.477 e. The van der Waals surface area contributed by atoms with Gasteiger partial charge in [0.05, 0.1) is 6.61 Å². The SMILES string of the molecule is CCOc1ncccc1C(=O)Oc1ccc(NC(C)=O)cc1. The molecule has 0 unspecified atom stereocenters. The van der Waals surface area contributed by atoms with E-state index < -0.39 is 5.97 Å². The molecule has 1 aromatic carbocycles. The van der Waals surface area contributed by atoms with Crippen LogP contribution in [0, 0.1) is 0 Å². The molecule has 6 heteroatoms. The van der Waals surface area contributed by atoms with Crippen LogP contribution in [0.25, 0.3) is 0 Å². The van der Waals surface area contributed by atoms with Crippen molar-refractivity contribution in [2.24, 2.45) is 0 Å². The topological polar surface area (TPSA) is 77.5 Å². The van der Waals surface area contributed by atoms with Crippen LogP contribution in [0.5, 0.6) is 11.6 Å². The summed E-state index contributed by atoms with van der Waals surface area (Å²) in [6, 6.07) is 9.72. The van der Waals surface area contributed by atoms with Crippen LogP contribution in [0.4, 0.5) is 5.69 Å². The van der Waals surface area contributed by atoms with Gasteiger partial charge in [0.2, 0.25) is 11.8 Å². The number of nitrogens with one attached hydrogen (secondary N) is 1. The van der Waals surface area contributed by atoms with Crippen molar-refractivity contribution in [2.45, 2.75) is 13.8 Å². The van der Waals surface area contributed by atoms with Crippen LogP contribution in [0.15, 0.2) is 42.6 Å². The van der Waals surface area contributed by atoms with E-state index in [9.17, 15) is 9.59 Å². The van der Waals surface area contributed by atoms with Crippen LogP contribution in [0.1, 0.15) is 24.2 Å². The van der Waals surface area contributed by atoms with E-state index in [4.69, 9.17) is 9.47 Å². The minimum atomic E-state index is -0.552. The summed E-state index contributed by atoms with van der Waals surface area (Å²) in [7, 11) is 0. The van der Waals surface area contributed by atoms with Gasteiger partial charge in [-0.3, -0.25) is 4.79 Å². The van der Waals surface area contributed by atoms with E-state index in [1.165, 1.54) is 6.92 Å². The fraction of sp³-hybridized carbons (Fsp3) is 0.188. The molecule has 1 heterocycles. The van der Waals surface area contributed by atoms with Gasteiger partial charge in [-0.05, 0) is 43.3 Å². The Kier molecular flexibility index (Phi) is 5.08. The lowest BCUT2D eigenvalue weighted by molar-refractivity contribution is -0.114. The van der Waals surface area contributed by atoms with Crippen molar-refractivity contribution >= 4 is 17.6 Å². The first-order valence-corrected chi connectivity index (χ1v) is 6.77. The zero-order valence-electron chi connectivity index (χ0n) is 12.3. The summed E-state index contributed by atoms with van der Waals surface area (Å²) in [6.45, 7) is 3.64. The van der Waals surface area contributed by atoms with Crippen LogP contribution >= 0.6 is 0 Å². The van der Waals surface area contributed by atoms with Crippen LogP contribution in [-0.4, -0.2) is 23.5 Å². The predicted octanol–water partition coefficient (Wildman–Crippen LogP) is 2.66. The van der Waals surface area contributed by atoms with Gasteiger partial charge >= 0.3 is 5.97 Å². The quantitative estimate of drug-likeness (QED) is 0.678. The molecule has 0 saturated carbocycles. The smallest absolute Gasteiger partial charge is 0.349 e. The van der Waals surface area contributed by atoms with E-state index >= 15 is 0 Å². The average Bonchev–Trinajstić information content (AvgIpc) is 2.49. The van der Waals surface area contributed by atoms with Crippen LogP contribution in [0.2, 0.25) is 0 Å². The molecule has 0 aliphatic rings. The monoisotopic (exact) mass is 300 g/mol. The summed E-state index contributed by atoms with van der Waals surface area (Å²) in [6.07, 6.45) is 1.55. The molecule has 0 aliphatic carbocycles. The number of esters is 1. The number of nitrogens with zero attached hydrogens (tertiary/aromatic N) is 1. The summed E-state index contributed by atoms with van der Waals surface area (Å²) in [5.41, 5.74) is 0.888. The molecule has 6 nitrogen and oxygen atoms in total. The maximum atomic E-state index is 12.2. The van der Waals surface area contributed by atoms with Crippen molar-refractivity contribution in [1.29, 1.82) is 0 Å². The Hall–Kier alpha value is -2.89. The van der Waals surface area contributed by atoms with E-state index in [1.807, 2.05) is 6.92 Å². The normalized spacial score (nSPS) is 9.91. The Morgan fingerprint density at radius 3 is 2.55 bits per heavy atom. The molecule has 1 N–H and O–H groups in total. The molecule has 0 fully saturated rings. The molecule has 2 rings (SSSR count). The lowest BCUT2D eigenvalue weighted by Gasteiger charge is -2.09. The molecule has 0 spiro atoms. The molecule has 0 aliphatic heterocycles. The van der Waals surface area contributed by atoms with Crippen molar-refractivity contribution in [3.05, 3.63) is 48.2 Å². The second-order valence-electron chi connectivity index (χ2n) is 4.38. The highest BCUT2D eigenvalue weighted by molar-refractivity contribution is 5.93. The first-order chi connectivity index (χ1) is 10.6. The number of rotatable bonds is 5. The highest BCUT2D eigenvalue weighted by Gasteiger charge is 2.15. The Morgan fingerprint density at radius 1 is 1.18 bits per heavy atom. The van der Waals surface area contributed by atoms with Crippen molar-refractivity contribution in [3.8, 4) is 11.6 Å². The van der Waals surface area contributed by atoms with Crippen molar-refractivity contribution in [3.63, 3.8) is 0 Å². The van der Waals surface area contributed by atoms with Gasteiger partial charge < -0.3 is 14.8 Å². The van der Waals surface area contributed by atoms with Crippen molar-refractivity contribution in [1.82, 2.24) is 4.98 Å². The third kappa shape index (κ3) is 4.05. The standard InChI is InChI=1S/C16H16N2O4/c1-3-21-15-14(5-4-10-17-15)16(20)22-13-8-6-12(7-9-13)18-11(2)19/h4-10H,3H2,1-2H3,(H,18,19). The fourth-order valence-corrected chi connectivity index (χ4v) is 1.77. The number of pyridine rings is 1. The highest BCUT2D eigenvalue weighted by atomic mass is 16.5. The van der Waals surface area contributed by atoms with E-state index in [2.05, 4.69) is 10.3 Å². The van der Waals surface area contributed by atoms with E-state index in [0.717, 1.165) is 0 Å². The number of carbonyl (C=O) groups excluding carboxylic acids is 2. The second kappa shape index (κ2) is 7.21. The van der Waals surface area contributed by atoms with Crippen molar-refractivity contribution in [2.75, 3.05) is 11.9 Å². The minimum absolute atomic E-state index is 0.165. The fourth-order valence-electron chi connectivity index (χ4n) is 1.77. The number of carbonyl (C=O) groups is 2. The lowest BCUT2D eigenvalue weighted by Crippen LogP contribution is -2.12. The van der Waals surface area contributed by atoms with E-state index in [1.54, 1.807) is 42.6 Å². The molecular formula is C16H16N2O4. The molecule has 2 aromatic rings. The number of ether oxygens (including phenoxy) is 2. The molecule has 1 amide bonds. The van der Waals surface area contributed by atoms with Crippen LogP contribution < -0.4 is 14.8 Å². The number of anilines is 1. The molecule has 22 heavy (non-hydrogen) atoms. The Balaban J connectivity index is 2.10. The minimum Gasteiger partial charge on any atom is -0.477 e. The summed E-state index contributed by atoms with van der Waals surface area (Å²) in [5, 5.41) is 2.63. The zero-order chi connectivity index (χ0) is 15.9. The molecule has 0 atom stereocenters. The van der Waals surface area contributed by atoms with Crippen LogP contribution in [0.3, 0.4) is 0 Å². The van der Waals surface area contributed by atoms with E-state index in [-0.39, 0.29) is 17.4 Å². The Bertz CT molecular complexity index is 668. The van der Waals surface area contributed by atoms with Crippen molar-refractivity contribution < 1.29 is 19.1 Å². The number of aromatic nitrogens is 1. The van der Waals surface area contributed by atoms with E-state index in [0.29, 0.717) is 18.0 Å². The first-order valence-electron chi connectivity index (χ1n) is 6.77. The molecule has 0 saturated heterocycles. The number of benzene rings is 1. The van der Waals surface area contributed by atoms with Gasteiger partial charge in [-0.25, -0.2) is 9.78 Å².